The van der Waals surface area contributed by atoms with Gasteiger partial charge in [0.05, 0.1) is 22.8 Å². The van der Waals surface area contributed by atoms with Crippen LogP contribution in [-0.4, -0.2) is 17.4 Å². The summed E-state index contributed by atoms with van der Waals surface area (Å²) in [6.07, 6.45) is 0. The molecule has 0 atom stereocenters. The van der Waals surface area contributed by atoms with Crippen molar-refractivity contribution < 1.29 is 19.2 Å². The van der Waals surface area contributed by atoms with Gasteiger partial charge in [-0.25, -0.2) is 0 Å². The van der Waals surface area contributed by atoms with E-state index >= 15 is 0 Å². The van der Waals surface area contributed by atoms with Crippen molar-refractivity contribution in [3.63, 3.8) is 0 Å². The Hall–Kier alpha value is -4.39. The normalized spacial score (nSPS) is 10.6. The van der Waals surface area contributed by atoms with Gasteiger partial charge in [-0.2, -0.15) is 0 Å². The van der Waals surface area contributed by atoms with Crippen LogP contribution in [0.2, 0.25) is 0 Å². The largest absolute Gasteiger partial charge is 0.493 e. The summed E-state index contributed by atoms with van der Waals surface area (Å²) in [6, 6.07) is 23.6. The highest BCUT2D eigenvalue weighted by Crippen LogP contribution is 2.28. The number of hydrogen-bond acceptors (Lipinski definition) is 5. The van der Waals surface area contributed by atoms with Crippen molar-refractivity contribution in [2.45, 2.75) is 20.5 Å². The second-order valence-electron chi connectivity index (χ2n) is 7.71. The van der Waals surface area contributed by atoms with E-state index < -0.39 is 4.92 Å². The number of anilines is 1. The zero-order valence-corrected chi connectivity index (χ0v) is 18.9. The van der Waals surface area contributed by atoms with E-state index in [4.69, 9.17) is 9.47 Å². The quantitative estimate of drug-likeness (QED) is 0.249. The molecule has 0 aliphatic carbocycles. The highest BCUT2D eigenvalue weighted by Gasteiger charge is 2.17. The van der Waals surface area contributed by atoms with E-state index in [1.54, 1.807) is 37.3 Å². The standard InChI is InChI=1S/C27H24N2O5/c1-3-33-26-14-12-21(27(30)28-24-9-6-10-25(18(24)2)29(31)32)15-22(26)17-34-23-13-11-19-7-4-5-8-20(19)16-23/h4-16H,3,17H2,1-2H3,(H,28,30). The van der Waals surface area contributed by atoms with E-state index in [1.165, 1.54) is 6.07 Å². The van der Waals surface area contributed by atoms with E-state index in [-0.39, 0.29) is 18.2 Å². The number of fused-ring (bicyclic) bond motifs is 1. The predicted octanol–water partition coefficient (Wildman–Crippen LogP) is 6.29. The molecular weight excluding hydrogens is 432 g/mol. The summed E-state index contributed by atoms with van der Waals surface area (Å²) in [5.74, 6) is 0.966. The molecule has 0 radical (unpaired) electrons. The van der Waals surface area contributed by atoms with Gasteiger partial charge in [-0.3, -0.25) is 14.9 Å². The minimum absolute atomic E-state index is 0.0473. The Bertz CT molecular complexity index is 1370. The SMILES string of the molecule is CCOc1ccc(C(=O)Nc2cccc([N+](=O)[O-])c2C)cc1COc1ccc2ccccc2c1. The number of carbonyl (C=O) groups is 1. The Balaban J connectivity index is 1.56. The van der Waals surface area contributed by atoms with E-state index in [0.29, 0.717) is 34.9 Å². The van der Waals surface area contributed by atoms with Gasteiger partial charge >= 0.3 is 0 Å². The molecule has 0 unspecified atom stereocenters. The molecule has 4 aromatic carbocycles. The van der Waals surface area contributed by atoms with Crippen LogP contribution in [0, 0.1) is 17.0 Å². The topological polar surface area (TPSA) is 90.7 Å². The van der Waals surface area contributed by atoms with Crippen LogP contribution >= 0.6 is 0 Å². The molecular formula is C27H24N2O5. The summed E-state index contributed by atoms with van der Waals surface area (Å²) in [5, 5.41) is 16.2. The van der Waals surface area contributed by atoms with Crippen molar-refractivity contribution in [1.82, 2.24) is 0 Å². The average molecular weight is 456 g/mol. The van der Waals surface area contributed by atoms with Crippen molar-refractivity contribution in [1.29, 1.82) is 0 Å². The van der Waals surface area contributed by atoms with E-state index in [2.05, 4.69) is 5.32 Å². The fraction of sp³-hybridized carbons (Fsp3) is 0.148. The number of amides is 1. The van der Waals surface area contributed by atoms with Gasteiger partial charge in [0.15, 0.2) is 0 Å². The molecule has 0 saturated carbocycles. The fourth-order valence-electron chi connectivity index (χ4n) is 3.70. The summed E-state index contributed by atoms with van der Waals surface area (Å²) in [6.45, 7) is 4.18. The van der Waals surface area contributed by atoms with Gasteiger partial charge in [-0.05, 0) is 61.0 Å². The van der Waals surface area contributed by atoms with Gasteiger partial charge in [0.2, 0.25) is 0 Å². The number of benzene rings is 4. The third-order valence-electron chi connectivity index (χ3n) is 5.49. The Morgan fingerprint density at radius 2 is 1.74 bits per heavy atom. The molecule has 0 fully saturated rings. The number of nitrogens with one attached hydrogen (secondary N) is 1. The first kappa shape index (κ1) is 22.8. The summed E-state index contributed by atoms with van der Waals surface area (Å²) >= 11 is 0. The van der Waals surface area contributed by atoms with Crippen LogP contribution in [0.1, 0.15) is 28.4 Å². The van der Waals surface area contributed by atoms with E-state index in [1.807, 2.05) is 49.4 Å². The third kappa shape index (κ3) is 4.99. The third-order valence-corrected chi connectivity index (χ3v) is 5.49. The first-order chi connectivity index (χ1) is 16.5. The van der Waals surface area contributed by atoms with Crippen LogP contribution in [0.3, 0.4) is 0 Å². The van der Waals surface area contributed by atoms with Gasteiger partial charge in [0.1, 0.15) is 18.1 Å². The van der Waals surface area contributed by atoms with Gasteiger partial charge < -0.3 is 14.8 Å². The molecule has 0 bridgehead atoms. The number of hydrogen-bond donors (Lipinski definition) is 1. The van der Waals surface area contributed by atoms with Gasteiger partial charge in [-0.15, -0.1) is 0 Å². The van der Waals surface area contributed by atoms with Gasteiger partial charge in [0, 0.05) is 17.2 Å². The van der Waals surface area contributed by atoms with Crippen molar-refractivity contribution in [2.24, 2.45) is 0 Å². The Kier molecular flexibility index (Phi) is 6.73. The maximum absolute atomic E-state index is 12.9. The van der Waals surface area contributed by atoms with Crippen LogP contribution in [0.15, 0.2) is 78.9 Å². The molecule has 172 valence electrons. The second kappa shape index (κ2) is 10.0. The number of nitro groups is 1. The number of rotatable bonds is 8. The van der Waals surface area contributed by atoms with Crippen molar-refractivity contribution in [3.05, 3.63) is 106 Å². The summed E-state index contributed by atoms with van der Waals surface area (Å²) in [7, 11) is 0. The molecule has 0 spiro atoms. The van der Waals surface area contributed by atoms with Crippen LogP contribution in [0.25, 0.3) is 10.8 Å². The first-order valence-corrected chi connectivity index (χ1v) is 10.9. The summed E-state index contributed by atoms with van der Waals surface area (Å²) in [5.41, 5.74) is 1.85. The van der Waals surface area contributed by atoms with Gasteiger partial charge in [0.25, 0.3) is 11.6 Å². The molecule has 7 nitrogen and oxygen atoms in total. The lowest BCUT2D eigenvalue weighted by Gasteiger charge is -2.14. The zero-order chi connectivity index (χ0) is 24.1. The Labute approximate surface area is 197 Å². The van der Waals surface area contributed by atoms with Crippen LogP contribution in [0.4, 0.5) is 11.4 Å². The lowest BCUT2D eigenvalue weighted by Crippen LogP contribution is -2.14. The molecule has 34 heavy (non-hydrogen) atoms. The molecule has 0 aliphatic rings. The van der Waals surface area contributed by atoms with Crippen LogP contribution < -0.4 is 14.8 Å². The number of nitrogens with zero attached hydrogens (tertiary/aromatic N) is 1. The lowest BCUT2D eigenvalue weighted by molar-refractivity contribution is -0.385. The molecule has 4 aromatic rings. The molecule has 1 N–H and O–H groups in total. The Morgan fingerprint density at radius 3 is 2.50 bits per heavy atom. The summed E-state index contributed by atoms with van der Waals surface area (Å²) in [4.78, 5) is 23.7. The predicted molar refractivity (Wildman–Crippen MR) is 132 cm³/mol. The first-order valence-electron chi connectivity index (χ1n) is 10.9. The average Bonchev–Trinajstić information content (AvgIpc) is 2.84. The molecule has 0 aliphatic heterocycles. The van der Waals surface area contributed by atoms with Crippen LogP contribution in [0.5, 0.6) is 11.5 Å². The maximum Gasteiger partial charge on any atom is 0.274 e. The summed E-state index contributed by atoms with van der Waals surface area (Å²) < 4.78 is 11.7. The number of nitro benzene ring substituents is 1. The molecule has 1 amide bonds. The maximum atomic E-state index is 12.9. The molecule has 4 rings (SSSR count). The van der Waals surface area contributed by atoms with Gasteiger partial charge in [-0.1, -0.05) is 36.4 Å². The number of carbonyl (C=O) groups excluding carboxylic acids is 1. The lowest BCUT2D eigenvalue weighted by atomic mass is 10.1. The smallest absolute Gasteiger partial charge is 0.274 e. The molecule has 0 saturated heterocycles. The highest BCUT2D eigenvalue weighted by atomic mass is 16.6. The van der Waals surface area contributed by atoms with Crippen molar-refractivity contribution in [3.8, 4) is 11.5 Å². The van der Waals surface area contributed by atoms with Crippen molar-refractivity contribution in [2.75, 3.05) is 11.9 Å². The molecule has 0 aromatic heterocycles. The monoisotopic (exact) mass is 456 g/mol. The minimum atomic E-state index is -0.468. The zero-order valence-electron chi connectivity index (χ0n) is 18.9. The van der Waals surface area contributed by atoms with E-state index in [0.717, 1.165) is 16.3 Å². The minimum Gasteiger partial charge on any atom is -0.493 e. The molecule has 7 heteroatoms. The second-order valence-corrected chi connectivity index (χ2v) is 7.71. The number of ether oxygens (including phenoxy) is 2. The van der Waals surface area contributed by atoms with Crippen molar-refractivity contribution >= 4 is 28.1 Å². The molecule has 0 heterocycles. The van der Waals surface area contributed by atoms with Crippen LogP contribution in [-0.2, 0) is 6.61 Å². The highest BCUT2D eigenvalue weighted by molar-refractivity contribution is 6.05. The Morgan fingerprint density at radius 1 is 0.941 bits per heavy atom. The fourth-order valence-corrected chi connectivity index (χ4v) is 3.70. The van der Waals surface area contributed by atoms with E-state index in [9.17, 15) is 14.9 Å².